The zero-order valence-corrected chi connectivity index (χ0v) is 12.7. The van der Waals surface area contributed by atoms with Crippen LogP contribution in [0, 0.1) is 5.92 Å². The third-order valence-electron chi connectivity index (χ3n) is 3.87. The lowest BCUT2D eigenvalue weighted by Crippen LogP contribution is -2.38. The lowest BCUT2D eigenvalue weighted by atomic mass is 9.95. The summed E-state index contributed by atoms with van der Waals surface area (Å²) in [6.07, 6.45) is 2.27. The number of ether oxygens (including phenoxy) is 2. The molecule has 0 radical (unpaired) electrons. The van der Waals surface area contributed by atoms with E-state index in [4.69, 9.17) is 13.9 Å². The van der Waals surface area contributed by atoms with E-state index in [0.29, 0.717) is 19.6 Å². The molecule has 0 saturated carbocycles. The van der Waals surface area contributed by atoms with Gasteiger partial charge in [0, 0.05) is 7.05 Å². The second-order valence-corrected chi connectivity index (χ2v) is 5.46. The van der Waals surface area contributed by atoms with Gasteiger partial charge in [-0.3, -0.25) is 4.79 Å². The number of amides is 1. The molecule has 1 aliphatic rings. The zero-order chi connectivity index (χ0) is 15.5. The quantitative estimate of drug-likeness (QED) is 0.870. The SMILES string of the molecule is COc1ccc2c(c1)C[C@@H](C(=O)N(C)Cc1ccco1)CO2. The number of fused-ring (bicyclic) bond motifs is 1. The molecule has 0 bridgehead atoms. The highest BCUT2D eigenvalue weighted by atomic mass is 16.5. The van der Waals surface area contributed by atoms with Crippen LogP contribution in [0.5, 0.6) is 11.5 Å². The Kier molecular flexibility index (Phi) is 4.04. The Morgan fingerprint density at radius 3 is 3.00 bits per heavy atom. The maximum Gasteiger partial charge on any atom is 0.229 e. The Hall–Kier alpha value is -2.43. The molecule has 116 valence electrons. The molecule has 3 rings (SSSR count). The fourth-order valence-electron chi connectivity index (χ4n) is 2.68. The van der Waals surface area contributed by atoms with Gasteiger partial charge in [-0.05, 0) is 42.3 Å². The summed E-state index contributed by atoms with van der Waals surface area (Å²) >= 11 is 0. The van der Waals surface area contributed by atoms with Crippen LogP contribution in [-0.4, -0.2) is 31.6 Å². The topological polar surface area (TPSA) is 51.9 Å². The van der Waals surface area contributed by atoms with E-state index in [0.717, 1.165) is 22.8 Å². The second-order valence-electron chi connectivity index (χ2n) is 5.46. The molecular formula is C17H19NO4. The van der Waals surface area contributed by atoms with Crippen LogP contribution >= 0.6 is 0 Å². The first-order valence-corrected chi connectivity index (χ1v) is 7.24. The smallest absolute Gasteiger partial charge is 0.229 e. The average molecular weight is 301 g/mol. The first-order chi connectivity index (χ1) is 10.7. The predicted octanol–water partition coefficient (Wildman–Crippen LogP) is 2.50. The van der Waals surface area contributed by atoms with E-state index in [9.17, 15) is 4.79 Å². The van der Waals surface area contributed by atoms with Crippen molar-refractivity contribution in [1.29, 1.82) is 0 Å². The standard InChI is InChI=1S/C17H19NO4/c1-18(10-15-4-3-7-21-15)17(19)13-8-12-9-14(20-2)5-6-16(12)22-11-13/h3-7,9,13H,8,10-11H2,1-2H3/t13-/m1/s1. The van der Waals surface area contributed by atoms with Crippen molar-refractivity contribution < 1.29 is 18.7 Å². The molecular weight excluding hydrogens is 282 g/mol. The van der Waals surface area contributed by atoms with Gasteiger partial charge in [-0.1, -0.05) is 0 Å². The van der Waals surface area contributed by atoms with Crippen LogP contribution in [0.4, 0.5) is 0 Å². The number of methoxy groups -OCH3 is 1. The molecule has 22 heavy (non-hydrogen) atoms. The normalized spacial score (nSPS) is 16.5. The van der Waals surface area contributed by atoms with E-state index < -0.39 is 0 Å². The van der Waals surface area contributed by atoms with Crippen molar-refractivity contribution in [2.45, 2.75) is 13.0 Å². The molecule has 5 nitrogen and oxygen atoms in total. The maximum atomic E-state index is 12.6. The third-order valence-corrected chi connectivity index (χ3v) is 3.87. The Balaban J connectivity index is 1.69. The summed E-state index contributed by atoms with van der Waals surface area (Å²) in [4.78, 5) is 14.2. The number of rotatable bonds is 4. The molecule has 5 heteroatoms. The highest BCUT2D eigenvalue weighted by Gasteiger charge is 2.28. The van der Waals surface area contributed by atoms with E-state index in [1.165, 1.54) is 0 Å². The largest absolute Gasteiger partial charge is 0.497 e. The van der Waals surface area contributed by atoms with E-state index in [2.05, 4.69) is 0 Å². The van der Waals surface area contributed by atoms with Crippen LogP contribution in [-0.2, 0) is 17.8 Å². The Labute approximate surface area is 129 Å². The van der Waals surface area contributed by atoms with Crippen LogP contribution in [0.25, 0.3) is 0 Å². The molecule has 0 fully saturated rings. The molecule has 0 saturated heterocycles. The van der Waals surface area contributed by atoms with Crippen LogP contribution in [0.2, 0.25) is 0 Å². The van der Waals surface area contributed by atoms with Crippen LogP contribution in [0.15, 0.2) is 41.0 Å². The van der Waals surface area contributed by atoms with Gasteiger partial charge < -0.3 is 18.8 Å². The van der Waals surface area contributed by atoms with Crippen molar-refractivity contribution in [2.24, 2.45) is 5.92 Å². The first kappa shape index (κ1) is 14.5. The van der Waals surface area contributed by atoms with Crippen molar-refractivity contribution in [3.8, 4) is 11.5 Å². The lowest BCUT2D eigenvalue weighted by molar-refractivity contribution is -0.136. The second kappa shape index (κ2) is 6.13. The van der Waals surface area contributed by atoms with Crippen LogP contribution in [0.3, 0.4) is 0 Å². The van der Waals surface area contributed by atoms with E-state index in [1.54, 1.807) is 25.3 Å². The molecule has 0 spiro atoms. The van der Waals surface area contributed by atoms with Crippen molar-refractivity contribution >= 4 is 5.91 Å². The minimum absolute atomic E-state index is 0.0601. The molecule has 2 heterocycles. The Morgan fingerprint density at radius 1 is 1.41 bits per heavy atom. The van der Waals surface area contributed by atoms with Gasteiger partial charge in [-0.15, -0.1) is 0 Å². The summed E-state index contributed by atoms with van der Waals surface area (Å²) in [5.41, 5.74) is 1.01. The molecule has 1 aliphatic heterocycles. The average Bonchev–Trinajstić information content (AvgIpc) is 3.05. The molecule has 0 N–H and O–H groups in total. The molecule has 0 aliphatic carbocycles. The van der Waals surface area contributed by atoms with Crippen molar-refractivity contribution in [3.63, 3.8) is 0 Å². The molecule has 1 aromatic carbocycles. The Bertz CT molecular complexity index is 651. The fourth-order valence-corrected chi connectivity index (χ4v) is 2.68. The summed E-state index contributed by atoms with van der Waals surface area (Å²) < 4.78 is 16.2. The predicted molar refractivity (Wildman–Crippen MR) is 80.9 cm³/mol. The minimum atomic E-state index is -0.181. The summed E-state index contributed by atoms with van der Waals surface area (Å²) in [5.74, 6) is 2.26. The number of nitrogens with zero attached hydrogens (tertiary/aromatic N) is 1. The zero-order valence-electron chi connectivity index (χ0n) is 12.7. The lowest BCUT2D eigenvalue weighted by Gasteiger charge is -2.28. The van der Waals surface area contributed by atoms with Crippen molar-refractivity contribution in [2.75, 3.05) is 20.8 Å². The molecule has 0 unspecified atom stereocenters. The highest BCUT2D eigenvalue weighted by molar-refractivity contribution is 5.79. The van der Waals surface area contributed by atoms with Gasteiger partial charge in [-0.2, -0.15) is 0 Å². The maximum absolute atomic E-state index is 12.6. The number of hydrogen-bond donors (Lipinski definition) is 0. The molecule has 2 aromatic rings. The van der Waals surface area contributed by atoms with Gasteiger partial charge in [-0.25, -0.2) is 0 Å². The monoisotopic (exact) mass is 301 g/mol. The Morgan fingerprint density at radius 2 is 2.27 bits per heavy atom. The number of furan rings is 1. The van der Waals surface area contributed by atoms with Gasteiger partial charge in [0.2, 0.25) is 5.91 Å². The third kappa shape index (κ3) is 2.93. The van der Waals surface area contributed by atoms with Gasteiger partial charge in [0.1, 0.15) is 23.9 Å². The highest BCUT2D eigenvalue weighted by Crippen LogP contribution is 2.31. The van der Waals surface area contributed by atoms with E-state index >= 15 is 0 Å². The summed E-state index contributed by atoms with van der Waals surface area (Å²) in [6, 6.07) is 9.37. The van der Waals surface area contributed by atoms with Gasteiger partial charge in [0.05, 0.1) is 25.8 Å². The van der Waals surface area contributed by atoms with Crippen LogP contribution < -0.4 is 9.47 Å². The minimum Gasteiger partial charge on any atom is -0.497 e. The van der Waals surface area contributed by atoms with E-state index in [1.807, 2.05) is 30.3 Å². The molecule has 1 amide bonds. The first-order valence-electron chi connectivity index (χ1n) is 7.24. The van der Waals surface area contributed by atoms with Gasteiger partial charge >= 0.3 is 0 Å². The van der Waals surface area contributed by atoms with Gasteiger partial charge in [0.25, 0.3) is 0 Å². The van der Waals surface area contributed by atoms with Crippen molar-refractivity contribution in [3.05, 3.63) is 47.9 Å². The molecule has 1 atom stereocenters. The van der Waals surface area contributed by atoms with E-state index in [-0.39, 0.29) is 11.8 Å². The van der Waals surface area contributed by atoms with Crippen LogP contribution in [0.1, 0.15) is 11.3 Å². The summed E-state index contributed by atoms with van der Waals surface area (Å²) in [5, 5.41) is 0. The molecule has 1 aromatic heterocycles. The number of carbonyl (C=O) groups is 1. The summed E-state index contributed by atoms with van der Waals surface area (Å²) in [6.45, 7) is 0.869. The summed E-state index contributed by atoms with van der Waals surface area (Å²) in [7, 11) is 3.41. The number of hydrogen-bond acceptors (Lipinski definition) is 4. The van der Waals surface area contributed by atoms with Gasteiger partial charge in [0.15, 0.2) is 0 Å². The van der Waals surface area contributed by atoms with Crippen molar-refractivity contribution in [1.82, 2.24) is 4.90 Å². The number of carbonyl (C=O) groups excluding carboxylic acids is 1. The number of benzene rings is 1. The fraction of sp³-hybridized carbons (Fsp3) is 0.353.